The molecule has 18 heavy (non-hydrogen) atoms. The van der Waals surface area contributed by atoms with Crippen molar-refractivity contribution < 1.29 is 14.4 Å². The van der Waals surface area contributed by atoms with Gasteiger partial charge in [-0.25, -0.2) is 4.98 Å². The third-order valence-electron chi connectivity index (χ3n) is 2.58. The number of benzene rings is 1. The fourth-order valence-corrected chi connectivity index (χ4v) is 2.27. The Balaban J connectivity index is 1.80. The van der Waals surface area contributed by atoms with Crippen molar-refractivity contribution in [3.8, 4) is 0 Å². The zero-order chi connectivity index (χ0) is 12.5. The Bertz CT molecular complexity index is 575. The van der Waals surface area contributed by atoms with Gasteiger partial charge in [0.25, 0.3) is 11.8 Å². The van der Waals surface area contributed by atoms with Gasteiger partial charge in [-0.3, -0.25) is 14.4 Å². The molecule has 90 valence electrons. The highest BCUT2D eigenvalue weighted by atomic mass is 32.1. The molecule has 6 heteroatoms. The first kappa shape index (κ1) is 11.1. The number of fused-ring (bicyclic) bond motifs is 1. The number of carbonyl (C=O) groups is 2. The topological polar surface area (TPSA) is 59.5 Å². The van der Waals surface area contributed by atoms with Crippen LogP contribution in [0.3, 0.4) is 0 Å². The second-order valence-electron chi connectivity index (χ2n) is 3.70. The summed E-state index contributed by atoms with van der Waals surface area (Å²) in [7, 11) is 0. The Morgan fingerprint density at radius 3 is 2.39 bits per heavy atom. The van der Waals surface area contributed by atoms with Crippen molar-refractivity contribution in [2.75, 3.05) is 0 Å². The van der Waals surface area contributed by atoms with E-state index in [9.17, 15) is 9.59 Å². The van der Waals surface area contributed by atoms with Crippen molar-refractivity contribution in [2.24, 2.45) is 0 Å². The van der Waals surface area contributed by atoms with Crippen molar-refractivity contribution in [1.29, 1.82) is 0 Å². The van der Waals surface area contributed by atoms with E-state index in [1.165, 1.54) is 11.3 Å². The van der Waals surface area contributed by atoms with E-state index in [1.54, 1.807) is 35.2 Å². The molecule has 1 aromatic carbocycles. The van der Waals surface area contributed by atoms with Crippen LogP contribution in [0.1, 0.15) is 26.4 Å². The number of hydroxylamine groups is 2. The van der Waals surface area contributed by atoms with Crippen LogP contribution in [0.5, 0.6) is 0 Å². The maximum atomic E-state index is 11.9. The summed E-state index contributed by atoms with van der Waals surface area (Å²) >= 11 is 1.43. The molecule has 1 aromatic heterocycles. The standard InChI is InChI=1S/C12H8N2O3S/c15-11-9-3-1-2-4-10(9)12(16)14(11)17-5-8-6-18-7-13-8/h1-4,6-7H,5H2. The van der Waals surface area contributed by atoms with Gasteiger partial charge in [0.1, 0.15) is 6.61 Å². The van der Waals surface area contributed by atoms with E-state index in [2.05, 4.69) is 4.98 Å². The number of carbonyl (C=O) groups excluding carboxylic acids is 2. The molecule has 0 atom stereocenters. The summed E-state index contributed by atoms with van der Waals surface area (Å²) in [5.41, 5.74) is 3.11. The average molecular weight is 260 g/mol. The predicted molar refractivity (Wildman–Crippen MR) is 63.8 cm³/mol. The van der Waals surface area contributed by atoms with Crippen LogP contribution in [-0.2, 0) is 11.4 Å². The van der Waals surface area contributed by atoms with Crippen LogP contribution in [-0.4, -0.2) is 21.9 Å². The van der Waals surface area contributed by atoms with E-state index >= 15 is 0 Å². The molecule has 0 radical (unpaired) electrons. The highest BCUT2D eigenvalue weighted by molar-refractivity contribution is 7.07. The zero-order valence-electron chi connectivity index (χ0n) is 9.20. The lowest BCUT2D eigenvalue weighted by Crippen LogP contribution is -2.29. The van der Waals surface area contributed by atoms with Crippen molar-refractivity contribution in [3.63, 3.8) is 0 Å². The zero-order valence-corrected chi connectivity index (χ0v) is 10.0. The molecule has 0 saturated heterocycles. The van der Waals surface area contributed by atoms with Crippen molar-refractivity contribution in [1.82, 2.24) is 10.0 Å². The molecule has 0 N–H and O–H groups in total. The van der Waals surface area contributed by atoms with Crippen LogP contribution in [0.2, 0.25) is 0 Å². The van der Waals surface area contributed by atoms with Gasteiger partial charge in [-0.1, -0.05) is 12.1 Å². The summed E-state index contributed by atoms with van der Waals surface area (Å²) in [5.74, 6) is -0.850. The van der Waals surface area contributed by atoms with Crippen LogP contribution in [0.4, 0.5) is 0 Å². The van der Waals surface area contributed by atoms with Gasteiger partial charge in [0.2, 0.25) is 0 Å². The maximum Gasteiger partial charge on any atom is 0.285 e. The first-order valence-corrected chi connectivity index (χ1v) is 6.19. The molecule has 0 spiro atoms. The Kier molecular flexibility index (Phi) is 2.66. The summed E-state index contributed by atoms with van der Waals surface area (Å²) in [6.45, 7) is 0.106. The van der Waals surface area contributed by atoms with Crippen molar-refractivity contribution in [2.45, 2.75) is 6.61 Å². The normalized spacial score (nSPS) is 14.1. The number of hydrogen-bond donors (Lipinski definition) is 0. The largest absolute Gasteiger partial charge is 0.285 e. The third-order valence-corrected chi connectivity index (χ3v) is 3.22. The van der Waals surface area contributed by atoms with E-state index in [0.29, 0.717) is 16.8 Å². The van der Waals surface area contributed by atoms with Gasteiger partial charge in [0, 0.05) is 5.38 Å². The molecule has 0 unspecified atom stereocenters. The number of aromatic nitrogens is 1. The van der Waals surface area contributed by atoms with Crippen LogP contribution >= 0.6 is 11.3 Å². The lowest BCUT2D eigenvalue weighted by molar-refractivity contribution is -0.101. The second-order valence-corrected chi connectivity index (χ2v) is 4.42. The fourth-order valence-electron chi connectivity index (χ4n) is 1.72. The first-order chi connectivity index (χ1) is 8.77. The molecule has 0 fully saturated rings. The lowest BCUT2D eigenvalue weighted by atomic mass is 10.1. The van der Waals surface area contributed by atoms with Crippen molar-refractivity contribution >= 4 is 23.2 Å². The van der Waals surface area contributed by atoms with Crippen LogP contribution < -0.4 is 0 Å². The second kappa shape index (κ2) is 4.32. The third kappa shape index (κ3) is 1.71. The Labute approximate surface area is 107 Å². The van der Waals surface area contributed by atoms with Gasteiger partial charge in [0.05, 0.1) is 22.3 Å². The number of rotatable bonds is 3. The Morgan fingerprint density at radius 2 is 1.83 bits per heavy atom. The monoisotopic (exact) mass is 260 g/mol. The maximum absolute atomic E-state index is 11.9. The van der Waals surface area contributed by atoms with E-state index in [-0.39, 0.29) is 6.61 Å². The SMILES string of the molecule is O=C1c2ccccc2C(=O)N1OCc1cscn1. The Morgan fingerprint density at radius 1 is 1.17 bits per heavy atom. The average Bonchev–Trinajstić information content (AvgIpc) is 2.98. The summed E-state index contributed by atoms with van der Waals surface area (Å²) < 4.78 is 0. The van der Waals surface area contributed by atoms with E-state index in [0.717, 1.165) is 5.06 Å². The number of nitrogens with zero attached hydrogens (tertiary/aromatic N) is 2. The highest BCUT2D eigenvalue weighted by Gasteiger charge is 2.36. The highest BCUT2D eigenvalue weighted by Crippen LogP contribution is 2.23. The molecule has 0 saturated carbocycles. The summed E-state index contributed by atoms with van der Waals surface area (Å²) in [6, 6.07) is 6.66. The molecule has 5 nitrogen and oxygen atoms in total. The van der Waals surface area contributed by atoms with Crippen molar-refractivity contribution in [3.05, 3.63) is 52.0 Å². The van der Waals surface area contributed by atoms with Gasteiger partial charge in [-0.05, 0) is 12.1 Å². The number of imide groups is 1. The number of thiazole rings is 1. The molecular weight excluding hydrogens is 252 g/mol. The molecule has 0 bridgehead atoms. The molecule has 1 aliphatic heterocycles. The van der Waals surface area contributed by atoms with Gasteiger partial charge >= 0.3 is 0 Å². The minimum atomic E-state index is -0.425. The van der Waals surface area contributed by atoms with E-state index in [4.69, 9.17) is 4.84 Å². The summed E-state index contributed by atoms with van der Waals surface area (Å²) in [6.07, 6.45) is 0. The summed E-state index contributed by atoms with van der Waals surface area (Å²) in [5, 5.41) is 2.60. The van der Waals surface area contributed by atoms with Gasteiger partial charge in [-0.2, -0.15) is 0 Å². The smallest absolute Gasteiger partial charge is 0.266 e. The molecule has 0 aliphatic carbocycles. The fraction of sp³-hybridized carbons (Fsp3) is 0.0833. The van der Waals surface area contributed by atoms with E-state index in [1.807, 2.05) is 0 Å². The van der Waals surface area contributed by atoms with Crippen LogP contribution in [0.25, 0.3) is 0 Å². The Hall–Kier alpha value is -2.05. The minimum absolute atomic E-state index is 0.106. The van der Waals surface area contributed by atoms with Gasteiger partial charge < -0.3 is 0 Å². The summed E-state index contributed by atoms with van der Waals surface area (Å²) in [4.78, 5) is 33.1. The molecule has 3 rings (SSSR count). The predicted octanol–water partition coefficient (Wildman–Crippen LogP) is 1.87. The van der Waals surface area contributed by atoms with E-state index < -0.39 is 11.8 Å². The number of amides is 2. The molecule has 2 heterocycles. The molecule has 2 amide bonds. The van der Waals surface area contributed by atoms with Crippen LogP contribution in [0.15, 0.2) is 35.2 Å². The quantitative estimate of drug-likeness (QED) is 0.790. The lowest BCUT2D eigenvalue weighted by Gasteiger charge is -2.11. The van der Waals surface area contributed by atoms with Gasteiger partial charge in [-0.15, -0.1) is 16.4 Å². The first-order valence-electron chi connectivity index (χ1n) is 5.25. The molecular formula is C12H8N2O3S. The molecule has 1 aliphatic rings. The number of hydrogen-bond acceptors (Lipinski definition) is 5. The minimum Gasteiger partial charge on any atom is -0.266 e. The van der Waals surface area contributed by atoms with Gasteiger partial charge in [0.15, 0.2) is 0 Å². The molecule has 2 aromatic rings. The van der Waals surface area contributed by atoms with Crippen LogP contribution in [0, 0.1) is 0 Å².